The molecule has 0 spiro atoms. The van der Waals surface area contributed by atoms with Crippen LogP contribution in [0.5, 0.6) is 0 Å². The average Bonchev–Trinajstić information content (AvgIpc) is 2.64. The summed E-state index contributed by atoms with van der Waals surface area (Å²) >= 11 is 0. The normalized spacial score (nSPS) is 12.9. The number of hydrogen-bond acceptors (Lipinski definition) is 4. The van der Waals surface area contributed by atoms with Crippen LogP contribution in [0.25, 0.3) is 0 Å². The van der Waals surface area contributed by atoms with Gasteiger partial charge >= 0.3 is 0 Å². The van der Waals surface area contributed by atoms with E-state index in [-0.39, 0.29) is 11.1 Å². The molecule has 4 heteroatoms. The van der Waals surface area contributed by atoms with Gasteiger partial charge in [0.15, 0.2) is 0 Å². The zero-order chi connectivity index (χ0) is 16.1. The van der Waals surface area contributed by atoms with E-state index in [9.17, 15) is 0 Å². The minimum Gasteiger partial charge on any atom is -0.462 e. The van der Waals surface area contributed by atoms with Gasteiger partial charge in [-0.3, -0.25) is 0 Å². The maximum absolute atomic E-state index is 5.83. The van der Waals surface area contributed by atoms with Crippen LogP contribution in [0.3, 0.4) is 0 Å². The third-order valence-electron chi connectivity index (χ3n) is 2.86. The molecule has 1 rings (SSSR count). The summed E-state index contributed by atoms with van der Waals surface area (Å²) in [7, 11) is 0. The fourth-order valence-electron chi connectivity index (χ4n) is 1.76. The molecule has 0 unspecified atom stereocenters. The zero-order valence-corrected chi connectivity index (χ0v) is 14.6. The largest absolute Gasteiger partial charge is 0.462 e. The van der Waals surface area contributed by atoms with Crippen molar-refractivity contribution in [2.45, 2.75) is 72.8 Å². The fourth-order valence-corrected chi connectivity index (χ4v) is 1.76. The molecule has 21 heavy (non-hydrogen) atoms. The van der Waals surface area contributed by atoms with Gasteiger partial charge in [0, 0.05) is 5.54 Å². The lowest BCUT2D eigenvalue weighted by atomic mass is 10.1. The van der Waals surface area contributed by atoms with Crippen LogP contribution in [-0.2, 0) is 22.6 Å². The first-order chi connectivity index (χ1) is 9.57. The van der Waals surface area contributed by atoms with Crippen molar-refractivity contribution >= 4 is 0 Å². The molecule has 1 aromatic rings. The van der Waals surface area contributed by atoms with Gasteiger partial charge in [-0.2, -0.15) is 0 Å². The molecule has 0 amide bonds. The maximum atomic E-state index is 5.83. The first-order valence-electron chi connectivity index (χ1n) is 7.62. The van der Waals surface area contributed by atoms with Crippen LogP contribution < -0.4 is 5.32 Å². The van der Waals surface area contributed by atoms with Crippen LogP contribution in [0.4, 0.5) is 0 Å². The number of hydrogen-bond donors (Lipinski definition) is 1. The third-order valence-corrected chi connectivity index (χ3v) is 2.86. The number of rotatable bonds is 7. The summed E-state index contributed by atoms with van der Waals surface area (Å²) in [5.74, 6) is 1.85. The molecule has 0 bridgehead atoms. The van der Waals surface area contributed by atoms with Gasteiger partial charge < -0.3 is 19.2 Å². The summed E-state index contributed by atoms with van der Waals surface area (Å²) in [5, 5.41) is 3.43. The van der Waals surface area contributed by atoms with Gasteiger partial charge in [0.25, 0.3) is 0 Å². The quantitative estimate of drug-likeness (QED) is 0.777. The predicted octanol–water partition coefficient (Wildman–Crippen LogP) is 3.81. The summed E-state index contributed by atoms with van der Waals surface area (Å²) in [6.07, 6.45) is 0. The Morgan fingerprint density at radius 2 is 1.76 bits per heavy atom. The van der Waals surface area contributed by atoms with E-state index in [2.05, 4.69) is 33.0 Å². The Kier molecular flexibility index (Phi) is 6.44. The van der Waals surface area contributed by atoms with Crippen LogP contribution in [0.15, 0.2) is 10.5 Å². The highest BCUT2D eigenvalue weighted by Crippen LogP contribution is 2.16. The van der Waals surface area contributed by atoms with Gasteiger partial charge in [-0.25, -0.2) is 0 Å². The van der Waals surface area contributed by atoms with E-state index in [1.807, 2.05) is 26.8 Å². The van der Waals surface area contributed by atoms with Gasteiger partial charge in [0.2, 0.25) is 0 Å². The molecular weight excluding hydrogens is 266 g/mol. The molecule has 0 saturated carbocycles. The summed E-state index contributed by atoms with van der Waals surface area (Å²) < 4.78 is 17.0. The third kappa shape index (κ3) is 8.24. The smallest absolute Gasteiger partial charge is 0.130 e. The number of nitrogens with one attached hydrogen (secondary N) is 1. The van der Waals surface area contributed by atoms with Crippen molar-refractivity contribution in [2.75, 3.05) is 13.2 Å². The zero-order valence-electron chi connectivity index (χ0n) is 14.6. The van der Waals surface area contributed by atoms with Crippen molar-refractivity contribution in [3.8, 4) is 0 Å². The van der Waals surface area contributed by atoms with Crippen LogP contribution in [0.2, 0.25) is 0 Å². The molecule has 122 valence electrons. The van der Waals surface area contributed by atoms with Gasteiger partial charge in [-0.1, -0.05) is 0 Å². The molecule has 1 heterocycles. The second-order valence-corrected chi connectivity index (χ2v) is 7.44. The second kappa shape index (κ2) is 7.43. The molecule has 4 nitrogen and oxygen atoms in total. The first-order valence-corrected chi connectivity index (χ1v) is 7.62. The van der Waals surface area contributed by atoms with Crippen molar-refractivity contribution in [3.63, 3.8) is 0 Å². The molecule has 0 saturated heterocycles. The maximum Gasteiger partial charge on any atom is 0.130 e. The van der Waals surface area contributed by atoms with E-state index >= 15 is 0 Å². The van der Waals surface area contributed by atoms with E-state index in [0.717, 1.165) is 23.6 Å². The molecular formula is C17H31NO3. The molecule has 0 aliphatic rings. The van der Waals surface area contributed by atoms with Crippen molar-refractivity contribution in [3.05, 3.63) is 23.2 Å². The van der Waals surface area contributed by atoms with E-state index in [1.165, 1.54) is 0 Å². The molecule has 1 aromatic heterocycles. The molecule has 0 atom stereocenters. The van der Waals surface area contributed by atoms with Gasteiger partial charge in [0.05, 0.1) is 25.4 Å². The topological polar surface area (TPSA) is 43.6 Å². The van der Waals surface area contributed by atoms with Crippen LogP contribution in [-0.4, -0.2) is 24.4 Å². The Morgan fingerprint density at radius 3 is 2.33 bits per heavy atom. The highest BCUT2D eigenvalue weighted by Gasteiger charge is 2.13. The molecule has 0 fully saturated rings. The minimum atomic E-state index is -0.115. The summed E-state index contributed by atoms with van der Waals surface area (Å²) in [5.41, 5.74) is 1.13. The summed E-state index contributed by atoms with van der Waals surface area (Å²) in [6, 6.07) is 2.05. The Balaban J connectivity index is 2.33. The van der Waals surface area contributed by atoms with Gasteiger partial charge in [-0.15, -0.1) is 0 Å². The highest BCUT2D eigenvalue weighted by atomic mass is 16.5. The highest BCUT2D eigenvalue weighted by molar-refractivity contribution is 5.19. The van der Waals surface area contributed by atoms with Crippen LogP contribution in [0, 0.1) is 6.92 Å². The van der Waals surface area contributed by atoms with E-state index in [4.69, 9.17) is 13.9 Å². The first kappa shape index (κ1) is 18.2. The lowest BCUT2D eigenvalue weighted by molar-refractivity contribution is -0.0395. The standard InChI is InChI=1S/C17H31NO3/c1-13-10-14(12-19-8-9-20-17(5,6)7)21-15(13)11-18-16(2,3)4/h10,18H,8-9,11-12H2,1-7H3. The van der Waals surface area contributed by atoms with Crippen LogP contribution >= 0.6 is 0 Å². The van der Waals surface area contributed by atoms with Crippen molar-refractivity contribution < 1.29 is 13.9 Å². The SMILES string of the molecule is Cc1cc(COCCOC(C)(C)C)oc1CNC(C)(C)C. The molecule has 1 N–H and O–H groups in total. The van der Waals surface area contributed by atoms with Crippen molar-refractivity contribution in [1.29, 1.82) is 0 Å². The molecule has 0 aliphatic carbocycles. The Labute approximate surface area is 129 Å². The minimum absolute atomic E-state index is 0.0835. The molecule has 0 aromatic carbocycles. The van der Waals surface area contributed by atoms with E-state index in [0.29, 0.717) is 19.8 Å². The monoisotopic (exact) mass is 297 g/mol. The number of furan rings is 1. The Bertz CT molecular complexity index is 424. The van der Waals surface area contributed by atoms with Gasteiger partial charge in [-0.05, 0) is 60.1 Å². The van der Waals surface area contributed by atoms with E-state index in [1.54, 1.807) is 0 Å². The lowest BCUT2D eigenvalue weighted by Crippen LogP contribution is -2.35. The lowest BCUT2D eigenvalue weighted by Gasteiger charge is -2.19. The number of ether oxygens (including phenoxy) is 2. The molecule has 0 aliphatic heterocycles. The van der Waals surface area contributed by atoms with E-state index < -0.39 is 0 Å². The average molecular weight is 297 g/mol. The van der Waals surface area contributed by atoms with Crippen molar-refractivity contribution in [1.82, 2.24) is 5.32 Å². The van der Waals surface area contributed by atoms with Crippen LogP contribution in [0.1, 0.15) is 58.6 Å². The summed E-state index contributed by atoms with van der Waals surface area (Å²) in [6.45, 7) is 17.0. The predicted molar refractivity (Wildman–Crippen MR) is 85.4 cm³/mol. The Hall–Kier alpha value is -0.840. The van der Waals surface area contributed by atoms with Gasteiger partial charge in [0.1, 0.15) is 18.1 Å². The molecule has 0 radical (unpaired) electrons. The number of aryl methyl sites for hydroxylation is 1. The fraction of sp³-hybridized carbons (Fsp3) is 0.765. The Morgan fingerprint density at radius 1 is 1.10 bits per heavy atom. The van der Waals surface area contributed by atoms with Crippen molar-refractivity contribution in [2.24, 2.45) is 0 Å². The summed E-state index contributed by atoms with van der Waals surface area (Å²) in [4.78, 5) is 0. The second-order valence-electron chi connectivity index (χ2n) is 7.44.